The number of phenolic OH excluding ortho intramolecular Hbond substituents is 1. The molecule has 1 heterocycles. The highest BCUT2D eigenvalue weighted by Gasteiger charge is 2.28. The van der Waals surface area contributed by atoms with Gasteiger partial charge in [-0.3, -0.25) is 9.59 Å². The molecule has 2 aromatic carbocycles. The van der Waals surface area contributed by atoms with Crippen molar-refractivity contribution in [1.82, 2.24) is 4.90 Å². The minimum absolute atomic E-state index is 0.0126. The number of hydrogen-bond donors (Lipinski definition) is 2. The van der Waals surface area contributed by atoms with Crippen LogP contribution < -0.4 is 10.1 Å². The van der Waals surface area contributed by atoms with E-state index in [4.69, 9.17) is 4.74 Å². The minimum Gasteiger partial charge on any atom is -0.506 e. The molecule has 2 amide bonds. The Morgan fingerprint density at radius 2 is 1.76 bits per heavy atom. The number of rotatable bonds is 5. The van der Waals surface area contributed by atoms with E-state index in [0.29, 0.717) is 17.0 Å². The summed E-state index contributed by atoms with van der Waals surface area (Å²) in [5, 5.41) is 12.6. The van der Waals surface area contributed by atoms with Gasteiger partial charge in [0.15, 0.2) is 6.61 Å². The molecule has 0 spiro atoms. The Kier molecular flexibility index (Phi) is 6.42. The van der Waals surface area contributed by atoms with E-state index in [9.17, 15) is 14.7 Å². The summed E-state index contributed by atoms with van der Waals surface area (Å²) < 4.78 is 5.64. The predicted octanol–water partition coefficient (Wildman–Crippen LogP) is 4.12. The van der Waals surface area contributed by atoms with Gasteiger partial charge >= 0.3 is 0 Å². The van der Waals surface area contributed by atoms with Gasteiger partial charge in [-0.25, -0.2) is 0 Å². The van der Waals surface area contributed by atoms with Crippen molar-refractivity contribution in [2.24, 2.45) is 0 Å². The zero-order valence-corrected chi connectivity index (χ0v) is 17.1. The van der Waals surface area contributed by atoms with E-state index in [1.165, 1.54) is 0 Å². The Hall–Kier alpha value is -3.02. The first-order valence-electron chi connectivity index (χ1n) is 10.00. The average molecular weight is 396 g/mol. The number of aryl methyl sites for hydroxylation is 1. The molecule has 2 unspecified atom stereocenters. The number of anilines is 1. The van der Waals surface area contributed by atoms with Crippen LogP contribution in [-0.4, -0.2) is 40.5 Å². The first kappa shape index (κ1) is 20.7. The molecule has 2 aromatic rings. The van der Waals surface area contributed by atoms with Crippen molar-refractivity contribution in [2.75, 3.05) is 11.9 Å². The number of piperidine rings is 1. The molecule has 154 valence electrons. The number of likely N-dealkylation sites (tertiary alicyclic amines) is 1. The number of nitrogens with zero attached hydrogens (tertiary/aromatic N) is 1. The first-order valence-corrected chi connectivity index (χ1v) is 10.00. The average Bonchev–Trinajstić information content (AvgIpc) is 2.68. The molecule has 0 bridgehead atoms. The van der Waals surface area contributed by atoms with E-state index in [0.717, 1.165) is 24.8 Å². The highest BCUT2D eigenvalue weighted by Crippen LogP contribution is 2.25. The number of carbonyl (C=O) groups excluding carboxylic acids is 2. The lowest BCUT2D eigenvalue weighted by Crippen LogP contribution is -2.49. The van der Waals surface area contributed by atoms with Gasteiger partial charge in [-0.15, -0.1) is 0 Å². The largest absolute Gasteiger partial charge is 0.506 e. The van der Waals surface area contributed by atoms with Crippen LogP contribution in [0.25, 0.3) is 0 Å². The maximum absolute atomic E-state index is 12.5. The normalized spacial score (nSPS) is 18.9. The van der Waals surface area contributed by atoms with E-state index < -0.39 is 0 Å². The fourth-order valence-electron chi connectivity index (χ4n) is 3.78. The molecule has 6 nitrogen and oxygen atoms in total. The molecule has 0 aliphatic carbocycles. The summed E-state index contributed by atoms with van der Waals surface area (Å²) in [6.45, 7) is 6.00. The molecule has 1 aliphatic rings. The van der Waals surface area contributed by atoms with Crippen LogP contribution >= 0.6 is 0 Å². The lowest BCUT2D eigenvalue weighted by atomic mass is 9.97. The fourth-order valence-corrected chi connectivity index (χ4v) is 3.78. The monoisotopic (exact) mass is 396 g/mol. The van der Waals surface area contributed by atoms with Gasteiger partial charge in [0.05, 0.1) is 5.69 Å². The quantitative estimate of drug-likeness (QED) is 0.745. The Morgan fingerprint density at radius 1 is 1.10 bits per heavy atom. The van der Waals surface area contributed by atoms with E-state index >= 15 is 0 Å². The van der Waals surface area contributed by atoms with Gasteiger partial charge in [-0.05, 0) is 82.0 Å². The van der Waals surface area contributed by atoms with E-state index in [2.05, 4.69) is 19.2 Å². The summed E-state index contributed by atoms with van der Waals surface area (Å²) in [5.74, 6) is 0.215. The summed E-state index contributed by atoms with van der Waals surface area (Å²) in [4.78, 5) is 26.8. The van der Waals surface area contributed by atoms with Crippen LogP contribution in [0.3, 0.4) is 0 Å². The number of aromatic hydroxyl groups is 1. The number of ether oxygens (including phenoxy) is 1. The van der Waals surface area contributed by atoms with Crippen LogP contribution in [0.1, 0.15) is 49.0 Å². The van der Waals surface area contributed by atoms with Gasteiger partial charge in [-0.1, -0.05) is 6.07 Å². The zero-order chi connectivity index (χ0) is 21.0. The number of carbonyl (C=O) groups is 2. The van der Waals surface area contributed by atoms with E-state index in [1.54, 1.807) is 36.4 Å². The second-order valence-corrected chi connectivity index (χ2v) is 7.72. The molecule has 6 heteroatoms. The molecule has 2 atom stereocenters. The van der Waals surface area contributed by atoms with Gasteiger partial charge in [-0.2, -0.15) is 0 Å². The zero-order valence-electron chi connectivity index (χ0n) is 17.1. The third kappa shape index (κ3) is 5.08. The molecule has 2 N–H and O–H groups in total. The van der Waals surface area contributed by atoms with Crippen LogP contribution in [0.4, 0.5) is 5.69 Å². The number of nitrogens with one attached hydrogen (secondary N) is 1. The van der Waals surface area contributed by atoms with Crippen LogP contribution in [0.15, 0.2) is 42.5 Å². The molecule has 1 saturated heterocycles. The first-order chi connectivity index (χ1) is 13.8. The Morgan fingerprint density at radius 3 is 2.38 bits per heavy atom. The molecule has 3 rings (SSSR count). The van der Waals surface area contributed by atoms with Crippen LogP contribution in [0.2, 0.25) is 0 Å². The van der Waals surface area contributed by atoms with Gasteiger partial charge in [0, 0.05) is 17.6 Å². The minimum atomic E-state index is -0.331. The molecule has 0 aromatic heterocycles. The summed E-state index contributed by atoms with van der Waals surface area (Å²) in [5.41, 5.74) is 1.70. The second-order valence-electron chi connectivity index (χ2n) is 7.72. The van der Waals surface area contributed by atoms with Gasteiger partial charge in [0.1, 0.15) is 11.5 Å². The van der Waals surface area contributed by atoms with E-state index in [1.807, 2.05) is 17.9 Å². The Bertz CT molecular complexity index is 869. The number of amides is 2. The van der Waals surface area contributed by atoms with Crippen molar-refractivity contribution >= 4 is 17.5 Å². The molecule has 0 radical (unpaired) electrons. The van der Waals surface area contributed by atoms with Gasteiger partial charge in [0.2, 0.25) is 0 Å². The number of benzene rings is 2. The van der Waals surface area contributed by atoms with Crippen molar-refractivity contribution in [3.63, 3.8) is 0 Å². The third-order valence-electron chi connectivity index (χ3n) is 5.36. The Labute approximate surface area is 171 Å². The van der Waals surface area contributed by atoms with Crippen molar-refractivity contribution < 1.29 is 19.4 Å². The molecule has 1 aliphatic heterocycles. The second kappa shape index (κ2) is 8.99. The summed E-state index contributed by atoms with van der Waals surface area (Å²) in [6, 6.07) is 12.1. The highest BCUT2D eigenvalue weighted by atomic mass is 16.5. The summed E-state index contributed by atoms with van der Waals surface area (Å²) in [6.07, 6.45) is 3.20. The van der Waals surface area contributed by atoms with Crippen molar-refractivity contribution in [3.8, 4) is 11.5 Å². The maximum Gasteiger partial charge on any atom is 0.260 e. The van der Waals surface area contributed by atoms with Crippen LogP contribution in [-0.2, 0) is 4.79 Å². The number of phenols is 1. The van der Waals surface area contributed by atoms with Crippen LogP contribution in [0, 0.1) is 6.92 Å². The topological polar surface area (TPSA) is 78.9 Å². The van der Waals surface area contributed by atoms with Crippen LogP contribution in [0.5, 0.6) is 11.5 Å². The standard InChI is InChI=1S/C23H28N2O4/c1-15-7-12-20(21(26)13-15)24-23(28)18-8-10-19(11-9-18)29-14-22(27)25-16(2)5-4-6-17(25)3/h7-13,16-17,26H,4-6,14H2,1-3H3,(H,24,28). The smallest absolute Gasteiger partial charge is 0.260 e. The fraction of sp³-hybridized carbons (Fsp3) is 0.391. The van der Waals surface area contributed by atoms with Crippen molar-refractivity contribution in [2.45, 2.75) is 52.1 Å². The molecule has 1 fully saturated rings. The van der Waals surface area contributed by atoms with Crippen molar-refractivity contribution in [1.29, 1.82) is 0 Å². The molecule has 29 heavy (non-hydrogen) atoms. The highest BCUT2D eigenvalue weighted by molar-refractivity contribution is 6.05. The molecule has 0 saturated carbocycles. The third-order valence-corrected chi connectivity index (χ3v) is 5.36. The Balaban J connectivity index is 1.57. The van der Waals surface area contributed by atoms with Crippen molar-refractivity contribution in [3.05, 3.63) is 53.6 Å². The summed E-state index contributed by atoms with van der Waals surface area (Å²) in [7, 11) is 0. The predicted molar refractivity (Wildman–Crippen MR) is 112 cm³/mol. The SMILES string of the molecule is Cc1ccc(NC(=O)c2ccc(OCC(=O)N3C(C)CCCC3C)cc2)c(O)c1. The van der Waals surface area contributed by atoms with E-state index in [-0.39, 0.29) is 36.3 Å². The lowest BCUT2D eigenvalue weighted by Gasteiger charge is -2.38. The summed E-state index contributed by atoms with van der Waals surface area (Å²) >= 11 is 0. The number of hydrogen-bond acceptors (Lipinski definition) is 4. The molecular formula is C23H28N2O4. The molecular weight excluding hydrogens is 368 g/mol. The maximum atomic E-state index is 12.5. The van der Waals surface area contributed by atoms with Gasteiger partial charge < -0.3 is 20.1 Å². The van der Waals surface area contributed by atoms with Gasteiger partial charge in [0.25, 0.3) is 11.8 Å². The lowest BCUT2D eigenvalue weighted by molar-refractivity contribution is -0.139.